The normalized spacial score (nSPS) is 12.2. The van der Waals surface area contributed by atoms with Gasteiger partial charge in [0.05, 0.1) is 12.5 Å². The summed E-state index contributed by atoms with van der Waals surface area (Å²) in [5, 5.41) is 10.2. The van der Waals surface area contributed by atoms with Crippen LogP contribution in [-0.4, -0.2) is 34.3 Å². The molecule has 0 spiro atoms. The summed E-state index contributed by atoms with van der Waals surface area (Å²) in [5.74, 6) is -0.776. The molecular weight excluding hydrogens is 368 g/mol. The summed E-state index contributed by atoms with van der Waals surface area (Å²) in [6.45, 7) is 3.73. The standard InChI is InChI=1S/C23H24N2O4/c1-4-23(17-11-7-5-8-12-17,18-13-9-6-10-14-18)20(21(26)27)29-22-24-16(2)15-19(25-22)28-3/h5-15,20H,4H2,1-3H3,(H,26,27). The first-order chi connectivity index (χ1) is 14.0. The van der Waals surface area contributed by atoms with Crippen LogP contribution < -0.4 is 9.47 Å². The number of benzene rings is 2. The number of hydrogen-bond acceptors (Lipinski definition) is 5. The van der Waals surface area contributed by atoms with E-state index in [0.717, 1.165) is 11.1 Å². The summed E-state index contributed by atoms with van der Waals surface area (Å²) in [7, 11) is 1.49. The zero-order valence-electron chi connectivity index (χ0n) is 16.7. The van der Waals surface area contributed by atoms with E-state index in [1.807, 2.05) is 67.6 Å². The van der Waals surface area contributed by atoms with Crippen LogP contribution in [-0.2, 0) is 10.2 Å². The lowest BCUT2D eigenvalue weighted by Crippen LogP contribution is -2.49. The molecule has 1 aromatic heterocycles. The lowest BCUT2D eigenvalue weighted by atomic mass is 9.68. The summed E-state index contributed by atoms with van der Waals surface area (Å²) >= 11 is 0. The average Bonchev–Trinajstić information content (AvgIpc) is 2.75. The van der Waals surface area contributed by atoms with E-state index in [1.165, 1.54) is 7.11 Å². The predicted molar refractivity (Wildman–Crippen MR) is 109 cm³/mol. The number of aliphatic carboxylic acids is 1. The van der Waals surface area contributed by atoms with Gasteiger partial charge in [0.2, 0.25) is 12.0 Å². The van der Waals surface area contributed by atoms with E-state index in [4.69, 9.17) is 9.47 Å². The molecule has 1 N–H and O–H groups in total. The molecule has 6 heteroatoms. The molecule has 1 unspecified atom stereocenters. The summed E-state index contributed by atoms with van der Waals surface area (Å²) in [6, 6.07) is 20.7. The monoisotopic (exact) mass is 392 g/mol. The minimum atomic E-state index is -1.25. The van der Waals surface area contributed by atoms with E-state index in [-0.39, 0.29) is 6.01 Å². The third-order valence-electron chi connectivity index (χ3n) is 5.05. The van der Waals surface area contributed by atoms with Crippen LogP contribution >= 0.6 is 0 Å². The molecule has 0 saturated carbocycles. The smallest absolute Gasteiger partial charge is 0.346 e. The average molecular weight is 392 g/mol. The van der Waals surface area contributed by atoms with Crippen molar-refractivity contribution in [1.29, 1.82) is 0 Å². The third kappa shape index (κ3) is 4.06. The summed E-state index contributed by atoms with van der Waals surface area (Å²) < 4.78 is 11.1. The lowest BCUT2D eigenvalue weighted by Gasteiger charge is -2.38. The Hall–Kier alpha value is -3.41. The van der Waals surface area contributed by atoms with Gasteiger partial charge >= 0.3 is 12.0 Å². The van der Waals surface area contributed by atoms with E-state index >= 15 is 0 Å². The molecule has 1 heterocycles. The van der Waals surface area contributed by atoms with Crippen molar-refractivity contribution in [3.05, 3.63) is 83.6 Å². The largest absolute Gasteiger partial charge is 0.481 e. The quantitative estimate of drug-likeness (QED) is 0.623. The van der Waals surface area contributed by atoms with Gasteiger partial charge in [-0.05, 0) is 24.5 Å². The van der Waals surface area contributed by atoms with E-state index < -0.39 is 17.5 Å². The maximum Gasteiger partial charge on any atom is 0.346 e. The van der Waals surface area contributed by atoms with Crippen molar-refractivity contribution in [3.8, 4) is 11.9 Å². The van der Waals surface area contributed by atoms with Gasteiger partial charge in [0, 0.05) is 11.8 Å². The van der Waals surface area contributed by atoms with E-state index in [0.29, 0.717) is 18.0 Å². The van der Waals surface area contributed by atoms with Gasteiger partial charge in [0.1, 0.15) is 0 Å². The molecule has 0 amide bonds. The number of carbonyl (C=O) groups is 1. The van der Waals surface area contributed by atoms with Gasteiger partial charge in [-0.2, -0.15) is 4.98 Å². The highest BCUT2D eigenvalue weighted by Gasteiger charge is 2.47. The highest BCUT2D eigenvalue weighted by molar-refractivity contribution is 5.77. The topological polar surface area (TPSA) is 81.5 Å². The number of ether oxygens (including phenoxy) is 2. The molecule has 0 aliphatic heterocycles. The van der Waals surface area contributed by atoms with Crippen molar-refractivity contribution in [2.45, 2.75) is 31.8 Å². The number of nitrogens with zero attached hydrogens (tertiary/aromatic N) is 2. The maximum atomic E-state index is 12.5. The fourth-order valence-corrected chi connectivity index (χ4v) is 3.67. The third-order valence-corrected chi connectivity index (χ3v) is 5.05. The van der Waals surface area contributed by atoms with E-state index in [9.17, 15) is 9.90 Å². The van der Waals surface area contributed by atoms with Crippen LogP contribution in [0.4, 0.5) is 0 Å². The van der Waals surface area contributed by atoms with Gasteiger partial charge in [-0.15, -0.1) is 0 Å². The van der Waals surface area contributed by atoms with Crippen LogP contribution in [0.3, 0.4) is 0 Å². The van der Waals surface area contributed by atoms with Crippen LogP contribution in [0.1, 0.15) is 30.2 Å². The Kier molecular flexibility index (Phi) is 6.12. The molecule has 0 bridgehead atoms. The van der Waals surface area contributed by atoms with Crippen LogP contribution in [0.25, 0.3) is 0 Å². The highest BCUT2D eigenvalue weighted by atomic mass is 16.5. The van der Waals surface area contributed by atoms with Gasteiger partial charge in [0.25, 0.3) is 0 Å². The summed E-state index contributed by atoms with van der Waals surface area (Å²) in [4.78, 5) is 20.9. The first kappa shape index (κ1) is 20.3. The number of carboxylic acid groups (broad SMARTS) is 1. The summed E-state index contributed by atoms with van der Waals surface area (Å²) in [6.07, 6.45) is -0.746. The SMILES string of the molecule is CCC(c1ccccc1)(c1ccccc1)C(Oc1nc(C)cc(OC)n1)C(=O)O. The van der Waals surface area contributed by atoms with Crippen LogP contribution in [0.15, 0.2) is 66.7 Å². The number of methoxy groups -OCH3 is 1. The zero-order chi connectivity index (χ0) is 20.9. The van der Waals surface area contributed by atoms with Crippen molar-refractivity contribution < 1.29 is 19.4 Å². The Balaban J connectivity index is 2.18. The van der Waals surface area contributed by atoms with Gasteiger partial charge in [-0.3, -0.25) is 0 Å². The molecule has 0 aliphatic carbocycles. The molecule has 6 nitrogen and oxygen atoms in total. The first-order valence-electron chi connectivity index (χ1n) is 9.41. The van der Waals surface area contributed by atoms with Crippen molar-refractivity contribution in [2.24, 2.45) is 0 Å². The Bertz CT molecular complexity index is 922. The molecule has 0 saturated heterocycles. The number of aryl methyl sites for hydroxylation is 1. The van der Waals surface area contributed by atoms with Crippen molar-refractivity contribution in [3.63, 3.8) is 0 Å². The van der Waals surface area contributed by atoms with Gasteiger partial charge in [-0.1, -0.05) is 67.6 Å². The maximum absolute atomic E-state index is 12.5. The van der Waals surface area contributed by atoms with E-state index in [2.05, 4.69) is 9.97 Å². The van der Waals surface area contributed by atoms with E-state index in [1.54, 1.807) is 13.0 Å². The molecule has 0 aliphatic rings. The second-order valence-electron chi connectivity index (χ2n) is 6.73. The molecule has 3 rings (SSSR count). The minimum absolute atomic E-state index is 0.0288. The molecule has 3 aromatic rings. The molecular formula is C23H24N2O4. The molecule has 150 valence electrons. The Morgan fingerprint density at radius 2 is 1.59 bits per heavy atom. The van der Waals surface area contributed by atoms with Crippen LogP contribution in [0.2, 0.25) is 0 Å². The summed E-state index contributed by atoms with van der Waals surface area (Å²) in [5.41, 5.74) is 1.38. The second kappa shape index (κ2) is 8.73. The van der Waals surface area contributed by atoms with Gasteiger partial charge in [-0.25, -0.2) is 9.78 Å². The predicted octanol–water partition coefficient (Wildman–Crippen LogP) is 4.02. The lowest BCUT2D eigenvalue weighted by molar-refractivity contribution is -0.148. The molecule has 29 heavy (non-hydrogen) atoms. The van der Waals surface area contributed by atoms with Gasteiger partial charge < -0.3 is 14.6 Å². The number of aromatic nitrogens is 2. The minimum Gasteiger partial charge on any atom is -0.481 e. The van der Waals surface area contributed by atoms with Crippen molar-refractivity contribution >= 4 is 5.97 Å². The number of carboxylic acids is 1. The fraction of sp³-hybridized carbons (Fsp3) is 0.261. The Labute approximate surface area is 170 Å². The Morgan fingerprint density at radius 3 is 2.03 bits per heavy atom. The molecule has 0 radical (unpaired) electrons. The fourth-order valence-electron chi connectivity index (χ4n) is 3.67. The molecule has 0 fully saturated rings. The Morgan fingerprint density at radius 1 is 1.03 bits per heavy atom. The number of hydrogen-bond donors (Lipinski definition) is 1. The van der Waals surface area contributed by atoms with Crippen LogP contribution in [0.5, 0.6) is 11.9 Å². The number of rotatable bonds is 8. The van der Waals surface area contributed by atoms with Gasteiger partial charge in [0.15, 0.2) is 0 Å². The molecule has 1 atom stereocenters. The highest BCUT2D eigenvalue weighted by Crippen LogP contribution is 2.40. The first-order valence-corrected chi connectivity index (χ1v) is 9.41. The van der Waals surface area contributed by atoms with Crippen molar-refractivity contribution in [2.75, 3.05) is 7.11 Å². The van der Waals surface area contributed by atoms with Crippen LogP contribution in [0, 0.1) is 6.92 Å². The van der Waals surface area contributed by atoms with Crippen molar-refractivity contribution in [1.82, 2.24) is 9.97 Å². The molecule has 2 aromatic carbocycles. The zero-order valence-corrected chi connectivity index (χ0v) is 16.7. The second-order valence-corrected chi connectivity index (χ2v) is 6.73.